The minimum Gasteiger partial charge on any atom is -0.461 e. The van der Waals surface area contributed by atoms with Crippen LogP contribution in [0.3, 0.4) is 0 Å². The van der Waals surface area contributed by atoms with Crippen molar-refractivity contribution < 1.29 is 14.4 Å². The number of aromatic nitrogens is 2. The molecule has 0 spiro atoms. The topological polar surface area (TPSA) is 91.2 Å². The smallest absolute Gasteiger partial charge is 0.274 e. The summed E-state index contributed by atoms with van der Waals surface area (Å²) >= 11 is 0. The van der Waals surface area contributed by atoms with Crippen molar-refractivity contribution in [3.63, 3.8) is 0 Å². The molecule has 18 heavy (non-hydrogen) atoms. The molecule has 0 aliphatic carbocycles. The first-order chi connectivity index (χ1) is 8.78. The highest BCUT2D eigenvalue weighted by Gasteiger charge is 2.10. The number of benzene rings is 1. The van der Waals surface area contributed by atoms with E-state index in [9.17, 15) is 4.79 Å². The number of fused-ring (bicyclic) bond motifs is 1. The number of carbonyl (C=O) groups is 1. The largest absolute Gasteiger partial charge is 0.461 e. The molecule has 0 saturated heterocycles. The zero-order chi connectivity index (χ0) is 12.5. The van der Waals surface area contributed by atoms with Crippen LogP contribution in [-0.4, -0.2) is 21.1 Å². The lowest BCUT2D eigenvalue weighted by Gasteiger charge is -1.97. The molecule has 0 saturated carbocycles. The van der Waals surface area contributed by atoms with Crippen LogP contribution in [0.2, 0.25) is 0 Å². The van der Waals surface area contributed by atoms with E-state index in [4.69, 9.17) is 9.62 Å². The average molecular weight is 243 g/mol. The van der Waals surface area contributed by atoms with Gasteiger partial charge in [0.1, 0.15) is 0 Å². The Morgan fingerprint density at radius 2 is 2.28 bits per heavy atom. The number of hydrogen-bond acceptors (Lipinski definition) is 4. The zero-order valence-corrected chi connectivity index (χ0v) is 9.18. The van der Waals surface area contributed by atoms with Gasteiger partial charge in [0.15, 0.2) is 11.6 Å². The van der Waals surface area contributed by atoms with Crippen LogP contribution in [0.25, 0.3) is 22.6 Å². The van der Waals surface area contributed by atoms with Gasteiger partial charge in [-0.25, -0.2) is 10.5 Å². The Hall–Kier alpha value is -2.60. The number of nitrogens with zero attached hydrogens (tertiary/aromatic N) is 1. The summed E-state index contributed by atoms with van der Waals surface area (Å²) in [6, 6.07) is 8.45. The maximum Gasteiger partial charge on any atom is 0.274 e. The summed E-state index contributed by atoms with van der Waals surface area (Å²) < 4.78 is 5.23. The molecule has 3 aromatic rings. The third-order valence-corrected chi connectivity index (χ3v) is 2.60. The van der Waals surface area contributed by atoms with Gasteiger partial charge in [-0.05, 0) is 30.3 Å². The minimum absolute atomic E-state index is 0.347. The van der Waals surface area contributed by atoms with Crippen LogP contribution in [0.5, 0.6) is 0 Å². The molecule has 6 heteroatoms. The predicted octanol–water partition coefficient (Wildman–Crippen LogP) is 1.94. The summed E-state index contributed by atoms with van der Waals surface area (Å²) in [7, 11) is 0. The van der Waals surface area contributed by atoms with Crippen molar-refractivity contribution in [2.45, 2.75) is 0 Å². The van der Waals surface area contributed by atoms with Crippen molar-refractivity contribution in [2.75, 3.05) is 0 Å². The highest BCUT2D eigenvalue weighted by molar-refractivity contribution is 5.96. The van der Waals surface area contributed by atoms with E-state index in [0.717, 1.165) is 5.52 Å². The molecule has 2 heterocycles. The van der Waals surface area contributed by atoms with Gasteiger partial charge in [0.25, 0.3) is 5.91 Å². The first-order valence-corrected chi connectivity index (χ1v) is 5.26. The van der Waals surface area contributed by atoms with E-state index in [2.05, 4.69) is 9.97 Å². The van der Waals surface area contributed by atoms with E-state index in [0.29, 0.717) is 22.7 Å². The fraction of sp³-hybridized carbons (Fsp3) is 0. The molecule has 1 aromatic carbocycles. The van der Waals surface area contributed by atoms with E-state index >= 15 is 0 Å². The quantitative estimate of drug-likeness (QED) is 0.474. The zero-order valence-electron chi connectivity index (χ0n) is 9.18. The van der Waals surface area contributed by atoms with Gasteiger partial charge < -0.3 is 9.40 Å². The van der Waals surface area contributed by atoms with Gasteiger partial charge >= 0.3 is 0 Å². The molecule has 0 radical (unpaired) electrons. The second-order valence-electron chi connectivity index (χ2n) is 3.74. The van der Waals surface area contributed by atoms with E-state index in [1.54, 1.807) is 42.1 Å². The number of hydrogen-bond donors (Lipinski definition) is 3. The summed E-state index contributed by atoms with van der Waals surface area (Å²) in [4.78, 5) is 18.7. The van der Waals surface area contributed by atoms with Crippen molar-refractivity contribution in [1.82, 2.24) is 15.4 Å². The molecule has 0 aliphatic rings. The van der Waals surface area contributed by atoms with Gasteiger partial charge in [0, 0.05) is 5.56 Å². The molecule has 0 fully saturated rings. The molecule has 6 nitrogen and oxygen atoms in total. The average Bonchev–Trinajstić information content (AvgIpc) is 3.04. The van der Waals surface area contributed by atoms with Crippen LogP contribution in [0, 0.1) is 0 Å². The highest BCUT2D eigenvalue weighted by Crippen LogP contribution is 2.21. The molecule has 0 aliphatic heterocycles. The van der Waals surface area contributed by atoms with E-state index in [1.165, 1.54) is 0 Å². The standard InChI is InChI=1S/C12H9N3O3/c16-12(15-17)7-3-4-8-9(6-7)14-11(13-8)10-2-1-5-18-10/h1-6,17H,(H,13,14)(H,15,16). The van der Waals surface area contributed by atoms with Crippen molar-refractivity contribution in [2.24, 2.45) is 0 Å². The number of rotatable bonds is 2. The van der Waals surface area contributed by atoms with Gasteiger partial charge in [-0.15, -0.1) is 0 Å². The first-order valence-electron chi connectivity index (χ1n) is 5.26. The second kappa shape index (κ2) is 4.01. The van der Waals surface area contributed by atoms with Gasteiger partial charge in [-0.1, -0.05) is 0 Å². The van der Waals surface area contributed by atoms with Gasteiger partial charge in [0.05, 0.1) is 17.3 Å². The maximum absolute atomic E-state index is 11.3. The lowest BCUT2D eigenvalue weighted by Crippen LogP contribution is -2.18. The number of imidazole rings is 1. The van der Waals surface area contributed by atoms with Crippen LogP contribution in [-0.2, 0) is 0 Å². The summed E-state index contributed by atoms with van der Waals surface area (Å²) in [6.07, 6.45) is 1.56. The Morgan fingerprint density at radius 3 is 3.00 bits per heavy atom. The summed E-state index contributed by atoms with van der Waals surface area (Å²) in [5.74, 6) is 0.655. The molecule has 0 unspecified atom stereocenters. The summed E-state index contributed by atoms with van der Waals surface area (Å²) in [5, 5.41) is 8.58. The number of furan rings is 1. The Bertz CT molecular complexity index is 701. The number of amides is 1. The van der Waals surface area contributed by atoms with E-state index in [1.807, 2.05) is 0 Å². The minimum atomic E-state index is -0.564. The molecular formula is C12H9N3O3. The molecular weight excluding hydrogens is 234 g/mol. The highest BCUT2D eigenvalue weighted by atomic mass is 16.5. The molecule has 90 valence electrons. The van der Waals surface area contributed by atoms with Gasteiger partial charge in [-0.2, -0.15) is 0 Å². The van der Waals surface area contributed by atoms with Crippen LogP contribution in [0.15, 0.2) is 41.0 Å². The first kappa shape index (κ1) is 10.5. The SMILES string of the molecule is O=C(NO)c1ccc2nc(-c3ccco3)[nH]c2c1. The Kier molecular flexibility index (Phi) is 2.35. The third-order valence-electron chi connectivity index (χ3n) is 2.60. The van der Waals surface area contributed by atoms with Crippen LogP contribution >= 0.6 is 0 Å². The molecule has 3 rings (SSSR count). The summed E-state index contributed by atoms with van der Waals surface area (Å²) in [6.45, 7) is 0. The van der Waals surface area contributed by atoms with Crippen LogP contribution in [0.1, 0.15) is 10.4 Å². The number of nitrogens with one attached hydrogen (secondary N) is 2. The number of aromatic amines is 1. The third kappa shape index (κ3) is 1.64. The second-order valence-corrected chi connectivity index (χ2v) is 3.74. The predicted molar refractivity (Wildman–Crippen MR) is 63.0 cm³/mol. The normalized spacial score (nSPS) is 10.7. The van der Waals surface area contributed by atoms with Crippen molar-refractivity contribution in [1.29, 1.82) is 0 Å². The number of hydroxylamine groups is 1. The fourth-order valence-electron chi connectivity index (χ4n) is 1.75. The van der Waals surface area contributed by atoms with Crippen molar-refractivity contribution in [3.8, 4) is 11.6 Å². The maximum atomic E-state index is 11.3. The Morgan fingerprint density at radius 1 is 1.39 bits per heavy atom. The van der Waals surface area contributed by atoms with Gasteiger partial charge in [0.2, 0.25) is 0 Å². The number of carbonyl (C=O) groups excluding carboxylic acids is 1. The van der Waals surface area contributed by atoms with E-state index < -0.39 is 5.91 Å². The number of H-pyrrole nitrogens is 1. The lowest BCUT2D eigenvalue weighted by molar-refractivity contribution is 0.0706. The molecule has 3 N–H and O–H groups in total. The molecule has 2 aromatic heterocycles. The Labute approximate surface area is 101 Å². The molecule has 1 amide bonds. The van der Waals surface area contributed by atoms with Crippen LogP contribution in [0.4, 0.5) is 0 Å². The molecule has 0 bridgehead atoms. The van der Waals surface area contributed by atoms with Crippen LogP contribution < -0.4 is 5.48 Å². The fourth-order valence-corrected chi connectivity index (χ4v) is 1.75. The molecule has 0 atom stereocenters. The summed E-state index contributed by atoms with van der Waals surface area (Å²) in [5.41, 5.74) is 3.35. The van der Waals surface area contributed by atoms with Crippen molar-refractivity contribution in [3.05, 3.63) is 42.2 Å². The van der Waals surface area contributed by atoms with Gasteiger partial charge in [-0.3, -0.25) is 10.0 Å². The Balaban J connectivity index is 2.10. The van der Waals surface area contributed by atoms with Crippen molar-refractivity contribution >= 4 is 16.9 Å². The monoisotopic (exact) mass is 243 g/mol. The van der Waals surface area contributed by atoms with E-state index in [-0.39, 0.29) is 0 Å². The lowest BCUT2D eigenvalue weighted by atomic mass is 10.2.